The van der Waals surface area contributed by atoms with Crippen LogP contribution in [-0.4, -0.2) is 38.0 Å². The summed E-state index contributed by atoms with van der Waals surface area (Å²) >= 11 is 0. The smallest absolute Gasteiger partial charge is 0.407 e. The van der Waals surface area contributed by atoms with Gasteiger partial charge in [-0.2, -0.15) is 5.10 Å². The van der Waals surface area contributed by atoms with E-state index in [0.29, 0.717) is 13.0 Å². The highest BCUT2D eigenvalue weighted by molar-refractivity contribution is 5.67. The van der Waals surface area contributed by atoms with E-state index in [1.165, 1.54) is 0 Å². The standard InChI is InChI=1S/C15H23N5O2/c1-11(12-7-18-19-8-12)20-10-16-9-13(20)5-6-17-14(21)22-15(2,3)4/h7-11H,5-6H2,1-4H3,(H,17,21)(H,18,19). The molecular formula is C15H23N5O2. The summed E-state index contributed by atoms with van der Waals surface area (Å²) < 4.78 is 7.28. The number of rotatable bonds is 5. The predicted octanol–water partition coefficient (Wildman–Crippen LogP) is 2.28. The summed E-state index contributed by atoms with van der Waals surface area (Å²) in [4.78, 5) is 15.8. The molecule has 0 saturated heterocycles. The number of nitrogens with zero attached hydrogens (tertiary/aromatic N) is 3. The van der Waals surface area contributed by atoms with Gasteiger partial charge in [-0.25, -0.2) is 9.78 Å². The molecule has 0 radical (unpaired) electrons. The lowest BCUT2D eigenvalue weighted by Gasteiger charge is -2.20. The van der Waals surface area contributed by atoms with Crippen molar-refractivity contribution in [3.05, 3.63) is 36.2 Å². The van der Waals surface area contributed by atoms with Crippen LogP contribution in [0.3, 0.4) is 0 Å². The fourth-order valence-electron chi connectivity index (χ4n) is 2.13. The Morgan fingerprint density at radius 1 is 1.45 bits per heavy atom. The van der Waals surface area contributed by atoms with Crippen LogP contribution in [0.25, 0.3) is 0 Å². The first kappa shape index (κ1) is 16.1. The molecular weight excluding hydrogens is 282 g/mol. The fraction of sp³-hybridized carbons (Fsp3) is 0.533. The van der Waals surface area contributed by atoms with Crippen LogP contribution in [-0.2, 0) is 11.2 Å². The SMILES string of the molecule is CC(c1cn[nH]c1)n1cncc1CCNC(=O)OC(C)(C)C. The van der Waals surface area contributed by atoms with Crippen molar-refractivity contribution < 1.29 is 9.53 Å². The maximum absolute atomic E-state index is 11.6. The van der Waals surface area contributed by atoms with Crippen molar-refractivity contribution in [2.45, 2.75) is 45.8 Å². The van der Waals surface area contributed by atoms with Gasteiger partial charge in [-0.1, -0.05) is 0 Å². The van der Waals surface area contributed by atoms with Crippen molar-refractivity contribution >= 4 is 6.09 Å². The number of imidazole rings is 1. The summed E-state index contributed by atoms with van der Waals surface area (Å²) in [6.45, 7) is 8.10. The number of H-pyrrole nitrogens is 1. The number of nitrogens with one attached hydrogen (secondary N) is 2. The third kappa shape index (κ3) is 4.34. The number of aromatic amines is 1. The zero-order valence-electron chi connectivity index (χ0n) is 13.5. The molecule has 2 aromatic heterocycles. The van der Waals surface area contributed by atoms with E-state index in [9.17, 15) is 4.79 Å². The Bertz CT molecular complexity index is 598. The van der Waals surface area contributed by atoms with Gasteiger partial charge >= 0.3 is 6.09 Å². The van der Waals surface area contributed by atoms with E-state index in [2.05, 4.69) is 32.0 Å². The van der Waals surface area contributed by atoms with Gasteiger partial charge in [-0.05, 0) is 27.7 Å². The molecule has 1 unspecified atom stereocenters. The molecule has 7 nitrogen and oxygen atoms in total. The molecule has 0 bridgehead atoms. The molecule has 7 heteroatoms. The predicted molar refractivity (Wildman–Crippen MR) is 82.6 cm³/mol. The van der Waals surface area contributed by atoms with Crippen LogP contribution in [0.2, 0.25) is 0 Å². The van der Waals surface area contributed by atoms with Gasteiger partial charge in [0.05, 0.1) is 18.6 Å². The van der Waals surface area contributed by atoms with E-state index in [0.717, 1.165) is 11.3 Å². The van der Waals surface area contributed by atoms with Crippen LogP contribution in [0.15, 0.2) is 24.9 Å². The summed E-state index contributed by atoms with van der Waals surface area (Å²) in [6.07, 6.45) is 7.55. The molecule has 2 heterocycles. The van der Waals surface area contributed by atoms with Crippen LogP contribution in [0.4, 0.5) is 4.79 Å². The van der Waals surface area contributed by atoms with Crippen LogP contribution in [0, 0.1) is 0 Å². The second kappa shape index (κ2) is 6.64. The number of hydrogen-bond acceptors (Lipinski definition) is 4. The first-order valence-corrected chi connectivity index (χ1v) is 7.33. The summed E-state index contributed by atoms with van der Waals surface area (Å²) in [5, 5.41) is 9.54. The highest BCUT2D eigenvalue weighted by Crippen LogP contribution is 2.18. The van der Waals surface area contributed by atoms with E-state index < -0.39 is 11.7 Å². The van der Waals surface area contributed by atoms with Crippen LogP contribution >= 0.6 is 0 Å². The van der Waals surface area contributed by atoms with Crippen molar-refractivity contribution in [3.63, 3.8) is 0 Å². The molecule has 0 aliphatic rings. The van der Waals surface area contributed by atoms with E-state index in [4.69, 9.17) is 4.74 Å². The lowest BCUT2D eigenvalue weighted by molar-refractivity contribution is 0.0528. The zero-order valence-corrected chi connectivity index (χ0v) is 13.5. The molecule has 0 saturated carbocycles. The number of ether oxygens (including phenoxy) is 1. The lowest BCUT2D eigenvalue weighted by Crippen LogP contribution is -2.33. The van der Waals surface area contributed by atoms with E-state index >= 15 is 0 Å². The molecule has 0 aliphatic carbocycles. The maximum atomic E-state index is 11.6. The average Bonchev–Trinajstić information content (AvgIpc) is 3.07. The zero-order chi connectivity index (χ0) is 16.2. The van der Waals surface area contributed by atoms with Gasteiger partial charge in [0, 0.05) is 36.6 Å². The number of amides is 1. The van der Waals surface area contributed by atoms with Crippen molar-refractivity contribution in [1.82, 2.24) is 25.1 Å². The molecule has 1 atom stereocenters. The Kier molecular flexibility index (Phi) is 4.85. The third-order valence-electron chi connectivity index (χ3n) is 3.21. The number of aromatic nitrogens is 4. The molecule has 1 amide bonds. The van der Waals surface area contributed by atoms with Crippen LogP contribution < -0.4 is 5.32 Å². The summed E-state index contributed by atoms with van der Waals surface area (Å²) in [7, 11) is 0. The van der Waals surface area contributed by atoms with Gasteiger partial charge in [0.2, 0.25) is 0 Å². The third-order valence-corrected chi connectivity index (χ3v) is 3.21. The Morgan fingerprint density at radius 2 is 2.23 bits per heavy atom. The topological polar surface area (TPSA) is 84.8 Å². The Hall–Kier alpha value is -2.31. The summed E-state index contributed by atoms with van der Waals surface area (Å²) in [6, 6.07) is 0.137. The molecule has 120 valence electrons. The molecule has 2 rings (SSSR count). The second-order valence-electron chi connectivity index (χ2n) is 6.18. The largest absolute Gasteiger partial charge is 0.444 e. The summed E-state index contributed by atoms with van der Waals surface area (Å²) in [5.41, 5.74) is 1.64. The molecule has 2 aromatic rings. The minimum Gasteiger partial charge on any atom is -0.444 e. The van der Waals surface area contributed by atoms with Crippen molar-refractivity contribution in [2.75, 3.05) is 6.54 Å². The Labute approximate surface area is 130 Å². The lowest BCUT2D eigenvalue weighted by atomic mass is 10.2. The molecule has 0 aromatic carbocycles. The normalized spacial score (nSPS) is 12.9. The van der Waals surface area contributed by atoms with Gasteiger partial charge in [-0.3, -0.25) is 5.10 Å². The highest BCUT2D eigenvalue weighted by atomic mass is 16.6. The number of carbonyl (C=O) groups excluding carboxylic acids is 1. The number of alkyl carbamates (subject to hydrolysis) is 1. The number of carbonyl (C=O) groups is 1. The number of hydrogen-bond donors (Lipinski definition) is 2. The summed E-state index contributed by atoms with van der Waals surface area (Å²) in [5.74, 6) is 0. The molecule has 0 spiro atoms. The monoisotopic (exact) mass is 305 g/mol. The first-order valence-electron chi connectivity index (χ1n) is 7.33. The van der Waals surface area contributed by atoms with Crippen molar-refractivity contribution in [2.24, 2.45) is 0 Å². The molecule has 0 fully saturated rings. The van der Waals surface area contributed by atoms with Crippen LogP contribution in [0.1, 0.15) is 45.0 Å². The van der Waals surface area contributed by atoms with Crippen molar-refractivity contribution in [3.8, 4) is 0 Å². The molecule has 22 heavy (non-hydrogen) atoms. The van der Waals surface area contributed by atoms with Gasteiger partial charge in [0.15, 0.2) is 0 Å². The van der Waals surface area contributed by atoms with E-state index in [-0.39, 0.29) is 6.04 Å². The van der Waals surface area contributed by atoms with Crippen molar-refractivity contribution in [1.29, 1.82) is 0 Å². The van der Waals surface area contributed by atoms with Gasteiger partial charge in [-0.15, -0.1) is 0 Å². The fourth-order valence-corrected chi connectivity index (χ4v) is 2.13. The Morgan fingerprint density at radius 3 is 2.86 bits per heavy atom. The quantitative estimate of drug-likeness (QED) is 0.887. The van der Waals surface area contributed by atoms with E-state index in [1.54, 1.807) is 12.5 Å². The molecule has 0 aliphatic heterocycles. The maximum Gasteiger partial charge on any atom is 0.407 e. The average molecular weight is 305 g/mol. The van der Waals surface area contributed by atoms with Gasteiger partial charge in [0.25, 0.3) is 0 Å². The Balaban J connectivity index is 1.90. The minimum atomic E-state index is -0.484. The first-order chi connectivity index (χ1) is 10.4. The minimum absolute atomic E-state index is 0.137. The molecule has 2 N–H and O–H groups in total. The van der Waals surface area contributed by atoms with Gasteiger partial charge in [0.1, 0.15) is 5.60 Å². The highest BCUT2D eigenvalue weighted by Gasteiger charge is 2.16. The second-order valence-corrected chi connectivity index (χ2v) is 6.18. The van der Waals surface area contributed by atoms with Gasteiger partial charge < -0.3 is 14.6 Å². The van der Waals surface area contributed by atoms with Crippen LogP contribution in [0.5, 0.6) is 0 Å². The van der Waals surface area contributed by atoms with E-state index in [1.807, 2.05) is 33.2 Å².